The van der Waals surface area contributed by atoms with Crippen LogP contribution in [0.5, 0.6) is 5.75 Å². The van der Waals surface area contributed by atoms with Gasteiger partial charge in [0.15, 0.2) is 0 Å². The highest BCUT2D eigenvalue weighted by molar-refractivity contribution is 5.78. The number of nitrogens with one attached hydrogen (secondary N) is 1. The number of benzene rings is 1. The number of piperidine rings is 1. The van der Waals surface area contributed by atoms with Crippen molar-refractivity contribution in [1.82, 2.24) is 15.1 Å². The molecule has 1 aromatic rings. The highest BCUT2D eigenvalue weighted by atomic mass is 16.5. The van der Waals surface area contributed by atoms with Gasteiger partial charge in [0, 0.05) is 38.3 Å². The fourth-order valence-corrected chi connectivity index (χ4v) is 5.18. The summed E-state index contributed by atoms with van der Waals surface area (Å²) < 4.78 is 6.53. The molecule has 1 N–H and O–H groups in total. The minimum absolute atomic E-state index is 0.130. The number of carbonyl (C=O) groups is 1. The highest BCUT2D eigenvalue weighted by Gasteiger charge is 2.40. The van der Waals surface area contributed by atoms with E-state index >= 15 is 0 Å². The Kier molecular flexibility index (Phi) is 5.93. The van der Waals surface area contributed by atoms with Crippen LogP contribution in [0.2, 0.25) is 0 Å². The van der Waals surface area contributed by atoms with E-state index in [9.17, 15) is 4.79 Å². The molecule has 0 bridgehead atoms. The average molecular weight is 386 g/mol. The van der Waals surface area contributed by atoms with Crippen LogP contribution in [0.25, 0.3) is 0 Å². The predicted molar refractivity (Wildman–Crippen MR) is 111 cm³/mol. The molecule has 28 heavy (non-hydrogen) atoms. The maximum absolute atomic E-state index is 12.8. The van der Waals surface area contributed by atoms with Crippen LogP contribution in [0.4, 0.5) is 0 Å². The van der Waals surface area contributed by atoms with E-state index in [1.54, 1.807) is 0 Å². The molecule has 154 valence electrons. The number of fused-ring (bicyclic) bond motifs is 1. The normalized spacial score (nSPS) is 30.9. The van der Waals surface area contributed by atoms with Crippen molar-refractivity contribution in [3.8, 4) is 5.75 Å². The van der Waals surface area contributed by atoms with E-state index in [0.29, 0.717) is 18.5 Å². The summed E-state index contributed by atoms with van der Waals surface area (Å²) in [5, 5.41) is 3.58. The minimum atomic E-state index is -0.130. The van der Waals surface area contributed by atoms with E-state index in [1.807, 2.05) is 11.9 Å². The number of nitrogens with zero attached hydrogens (tertiary/aromatic N) is 2. The zero-order valence-corrected chi connectivity index (χ0v) is 17.5. The molecule has 1 spiro atoms. The summed E-state index contributed by atoms with van der Waals surface area (Å²) in [6, 6.07) is 8.69. The third-order valence-electron chi connectivity index (χ3n) is 6.97. The van der Waals surface area contributed by atoms with Gasteiger partial charge in [0.2, 0.25) is 5.91 Å². The number of carbonyl (C=O) groups excluding carboxylic acids is 1. The van der Waals surface area contributed by atoms with Crippen molar-refractivity contribution in [3.05, 3.63) is 29.8 Å². The molecule has 1 aromatic carbocycles. The van der Waals surface area contributed by atoms with Gasteiger partial charge in [0.1, 0.15) is 11.4 Å². The number of amides is 1. The smallest absolute Gasteiger partial charge is 0.236 e. The van der Waals surface area contributed by atoms with E-state index in [4.69, 9.17) is 4.74 Å². The van der Waals surface area contributed by atoms with Gasteiger partial charge in [-0.05, 0) is 57.1 Å². The number of likely N-dealkylation sites (tertiary alicyclic amines) is 1. The molecule has 1 saturated carbocycles. The third kappa shape index (κ3) is 4.36. The summed E-state index contributed by atoms with van der Waals surface area (Å²) in [6.07, 6.45) is 6.54. The Morgan fingerprint density at radius 3 is 2.86 bits per heavy atom. The number of rotatable bonds is 3. The molecule has 0 unspecified atom stereocenters. The Morgan fingerprint density at radius 2 is 2.07 bits per heavy atom. The van der Waals surface area contributed by atoms with Crippen LogP contribution < -0.4 is 10.1 Å². The van der Waals surface area contributed by atoms with Crippen LogP contribution in [0.1, 0.15) is 51.0 Å². The number of hydrogen-bond donors (Lipinski definition) is 1. The fraction of sp³-hybridized carbons (Fsp3) is 0.696. The second kappa shape index (κ2) is 8.42. The standard InChI is InChI=1S/C23H35N3O2/c1-18-6-5-13-26(15-18)16-22(27)25(2)20-9-11-23(12-10-20)17-24-14-19-7-3-4-8-21(19)28-23/h3-4,7-8,18,20,24H,5-6,9-17H2,1-2H3/t18-,20?,23?/m0/s1. The van der Waals surface area contributed by atoms with Crippen LogP contribution >= 0.6 is 0 Å². The summed E-state index contributed by atoms with van der Waals surface area (Å²) in [6.45, 7) is 6.75. The molecule has 1 atom stereocenters. The third-order valence-corrected chi connectivity index (χ3v) is 6.97. The van der Waals surface area contributed by atoms with E-state index in [1.165, 1.54) is 18.4 Å². The topological polar surface area (TPSA) is 44.8 Å². The lowest BCUT2D eigenvalue weighted by molar-refractivity contribution is -0.135. The zero-order chi connectivity index (χ0) is 19.6. The Balaban J connectivity index is 1.32. The van der Waals surface area contributed by atoms with Crippen molar-refractivity contribution in [2.45, 2.75) is 63.6 Å². The Labute approximate surface area is 169 Å². The molecule has 1 aliphatic carbocycles. The van der Waals surface area contributed by atoms with Gasteiger partial charge in [0.25, 0.3) is 0 Å². The molecule has 2 heterocycles. The number of hydrogen-bond acceptors (Lipinski definition) is 4. The lowest BCUT2D eigenvalue weighted by atomic mass is 9.81. The van der Waals surface area contributed by atoms with Gasteiger partial charge in [-0.15, -0.1) is 0 Å². The maximum atomic E-state index is 12.8. The molecule has 2 aliphatic heterocycles. The van der Waals surface area contributed by atoms with Crippen LogP contribution in [0, 0.1) is 5.92 Å². The molecule has 3 aliphatic rings. The van der Waals surface area contributed by atoms with E-state index in [2.05, 4.69) is 41.4 Å². The summed E-state index contributed by atoms with van der Waals surface area (Å²) in [4.78, 5) is 17.2. The van der Waals surface area contributed by atoms with Crippen LogP contribution in [-0.4, -0.2) is 60.6 Å². The lowest BCUT2D eigenvalue weighted by Crippen LogP contribution is -2.52. The SMILES string of the molecule is C[C@H]1CCCN(CC(=O)N(C)C2CCC3(CC2)CNCc2ccccc2O3)C1. The van der Waals surface area contributed by atoms with Crippen LogP contribution in [0.15, 0.2) is 24.3 Å². The van der Waals surface area contributed by atoms with Crippen molar-refractivity contribution < 1.29 is 9.53 Å². The molecule has 4 rings (SSSR count). The number of likely N-dealkylation sites (N-methyl/N-ethyl adjacent to an activating group) is 1. The average Bonchev–Trinajstić information content (AvgIpc) is 2.87. The Bertz CT molecular complexity index is 684. The van der Waals surface area contributed by atoms with Crippen molar-refractivity contribution in [3.63, 3.8) is 0 Å². The Morgan fingerprint density at radius 1 is 1.29 bits per heavy atom. The molecule has 0 aromatic heterocycles. The van der Waals surface area contributed by atoms with Gasteiger partial charge in [-0.25, -0.2) is 0 Å². The first-order valence-corrected chi connectivity index (χ1v) is 11.0. The van der Waals surface area contributed by atoms with E-state index < -0.39 is 0 Å². The fourth-order valence-electron chi connectivity index (χ4n) is 5.18. The van der Waals surface area contributed by atoms with Gasteiger partial charge in [-0.2, -0.15) is 0 Å². The van der Waals surface area contributed by atoms with Gasteiger partial charge in [-0.3, -0.25) is 9.69 Å². The molecule has 1 amide bonds. The Hall–Kier alpha value is -1.59. The summed E-state index contributed by atoms with van der Waals surface area (Å²) in [5.41, 5.74) is 1.11. The molecule has 2 fully saturated rings. The molecule has 1 saturated heterocycles. The quantitative estimate of drug-likeness (QED) is 0.869. The largest absolute Gasteiger partial charge is 0.486 e. The molecular weight excluding hydrogens is 350 g/mol. The van der Waals surface area contributed by atoms with E-state index in [-0.39, 0.29) is 11.5 Å². The summed E-state index contributed by atoms with van der Waals surface area (Å²) >= 11 is 0. The van der Waals surface area contributed by atoms with Crippen molar-refractivity contribution in [2.75, 3.05) is 33.2 Å². The van der Waals surface area contributed by atoms with Gasteiger partial charge in [0.05, 0.1) is 6.54 Å². The van der Waals surface area contributed by atoms with E-state index in [0.717, 1.165) is 57.6 Å². The second-order valence-corrected chi connectivity index (χ2v) is 9.21. The predicted octanol–water partition coefficient (Wildman–Crippen LogP) is 3.04. The number of ether oxygens (including phenoxy) is 1. The van der Waals surface area contributed by atoms with Crippen molar-refractivity contribution >= 4 is 5.91 Å². The second-order valence-electron chi connectivity index (χ2n) is 9.21. The van der Waals surface area contributed by atoms with Crippen molar-refractivity contribution in [1.29, 1.82) is 0 Å². The molecule has 0 radical (unpaired) electrons. The maximum Gasteiger partial charge on any atom is 0.236 e. The van der Waals surface area contributed by atoms with Crippen LogP contribution in [-0.2, 0) is 11.3 Å². The lowest BCUT2D eigenvalue weighted by Gasteiger charge is -2.42. The highest BCUT2D eigenvalue weighted by Crippen LogP contribution is 2.37. The monoisotopic (exact) mass is 385 g/mol. The van der Waals surface area contributed by atoms with Gasteiger partial charge in [-0.1, -0.05) is 25.1 Å². The van der Waals surface area contributed by atoms with Gasteiger partial charge < -0.3 is 15.0 Å². The molecule has 5 nitrogen and oxygen atoms in total. The van der Waals surface area contributed by atoms with Gasteiger partial charge >= 0.3 is 0 Å². The first-order chi connectivity index (χ1) is 13.5. The zero-order valence-electron chi connectivity index (χ0n) is 17.5. The minimum Gasteiger partial charge on any atom is -0.486 e. The first kappa shape index (κ1) is 19.7. The summed E-state index contributed by atoms with van der Waals surface area (Å²) in [7, 11) is 2.00. The van der Waals surface area contributed by atoms with Crippen LogP contribution in [0.3, 0.4) is 0 Å². The van der Waals surface area contributed by atoms with Crippen molar-refractivity contribution in [2.24, 2.45) is 5.92 Å². The molecule has 5 heteroatoms. The molecular formula is C23H35N3O2. The first-order valence-electron chi connectivity index (χ1n) is 11.0. The number of para-hydroxylation sites is 1. The summed E-state index contributed by atoms with van der Waals surface area (Å²) in [5.74, 6) is 2.01.